The molecule has 1 aromatic rings. The third kappa shape index (κ3) is 2.70. The van der Waals surface area contributed by atoms with Gasteiger partial charge in [-0.25, -0.2) is 0 Å². The molecule has 1 aromatic carbocycles. The lowest BCUT2D eigenvalue weighted by Gasteiger charge is -2.26. The van der Waals surface area contributed by atoms with Gasteiger partial charge in [-0.1, -0.05) is 31.2 Å². The maximum absolute atomic E-state index is 11.3. The van der Waals surface area contributed by atoms with Crippen molar-refractivity contribution in [3.05, 3.63) is 42.3 Å². The average Bonchev–Trinajstić information content (AvgIpc) is 2.33. The predicted octanol–water partition coefficient (Wildman–Crippen LogP) is 2.66. The lowest BCUT2D eigenvalue weighted by molar-refractivity contribution is 0.178. The van der Waals surface area contributed by atoms with Gasteiger partial charge in [0, 0.05) is 13.7 Å². The third-order valence-corrected chi connectivity index (χ3v) is 3.04. The molecule has 86 valence electrons. The first-order valence-corrected chi connectivity index (χ1v) is 5.49. The molecule has 1 unspecified atom stereocenters. The van der Waals surface area contributed by atoms with Gasteiger partial charge in [0.25, 0.3) is 0 Å². The van der Waals surface area contributed by atoms with Gasteiger partial charge in [-0.05, 0) is 30.9 Å². The van der Waals surface area contributed by atoms with E-state index in [1.807, 2.05) is 31.2 Å². The maximum atomic E-state index is 11.3. The molecule has 0 bridgehead atoms. The summed E-state index contributed by atoms with van der Waals surface area (Å²) in [4.78, 5) is 11.3. The van der Waals surface area contributed by atoms with Gasteiger partial charge < -0.3 is 4.74 Å². The molecule has 0 aromatic heterocycles. The minimum absolute atomic E-state index is 0.538. The molecular formula is C14H18O2. The Labute approximate surface area is 97.6 Å². The number of ether oxygens (including phenoxy) is 1. The van der Waals surface area contributed by atoms with Gasteiger partial charge in [-0.3, -0.25) is 4.79 Å². The van der Waals surface area contributed by atoms with Gasteiger partial charge in [0.2, 0.25) is 6.29 Å². The highest BCUT2D eigenvalue weighted by Crippen LogP contribution is 2.29. The molecule has 2 heteroatoms. The highest BCUT2D eigenvalue weighted by Gasteiger charge is 2.30. The van der Waals surface area contributed by atoms with Crippen LogP contribution in [-0.2, 0) is 14.9 Å². The van der Waals surface area contributed by atoms with Gasteiger partial charge in [0.15, 0.2) is 0 Å². The summed E-state index contributed by atoms with van der Waals surface area (Å²) in [5, 5.41) is 0. The Morgan fingerprint density at radius 2 is 2.00 bits per heavy atom. The van der Waals surface area contributed by atoms with Crippen molar-refractivity contribution in [2.75, 3.05) is 13.7 Å². The molecule has 0 fully saturated rings. The standard InChI is InChI=1S/C14H18O2/c1-4-14(11-15,9-10-16-3)13-7-5-12(2)6-8-13/h5-8H,2,4,9-10H2,1,3H3. The van der Waals surface area contributed by atoms with Gasteiger partial charge in [-0.15, -0.1) is 0 Å². The monoisotopic (exact) mass is 218 g/mol. The summed E-state index contributed by atoms with van der Waals surface area (Å²) in [6.45, 7) is 6.40. The lowest BCUT2D eigenvalue weighted by atomic mass is 9.77. The first kappa shape index (κ1) is 12.9. The van der Waals surface area contributed by atoms with Crippen molar-refractivity contribution in [2.45, 2.75) is 25.2 Å². The van der Waals surface area contributed by atoms with E-state index in [0.29, 0.717) is 13.0 Å². The van der Waals surface area contributed by atoms with E-state index in [4.69, 9.17) is 4.74 Å². The zero-order valence-corrected chi connectivity index (χ0v) is 9.95. The quantitative estimate of drug-likeness (QED) is 0.733. The molecule has 16 heavy (non-hydrogen) atoms. The molecule has 0 saturated heterocycles. The highest BCUT2D eigenvalue weighted by molar-refractivity contribution is 5.69. The van der Waals surface area contributed by atoms with E-state index in [0.717, 1.165) is 17.5 Å². The molecule has 0 saturated carbocycles. The van der Waals surface area contributed by atoms with Crippen LogP contribution in [0, 0.1) is 6.92 Å². The molecule has 0 N–H and O–H groups in total. The van der Waals surface area contributed by atoms with E-state index in [-0.39, 0.29) is 0 Å². The van der Waals surface area contributed by atoms with Crippen LogP contribution in [0.1, 0.15) is 30.9 Å². The van der Waals surface area contributed by atoms with Crippen molar-refractivity contribution in [2.24, 2.45) is 0 Å². The van der Waals surface area contributed by atoms with Crippen LogP contribution in [-0.4, -0.2) is 20.0 Å². The Morgan fingerprint density at radius 3 is 2.44 bits per heavy atom. The van der Waals surface area contributed by atoms with E-state index in [9.17, 15) is 4.79 Å². The average molecular weight is 218 g/mol. The molecule has 0 aliphatic heterocycles. The number of hydrogen-bond acceptors (Lipinski definition) is 2. The second-order valence-corrected chi connectivity index (χ2v) is 3.98. The van der Waals surface area contributed by atoms with Crippen molar-refractivity contribution < 1.29 is 9.53 Å². The topological polar surface area (TPSA) is 26.3 Å². The van der Waals surface area contributed by atoms with Crippen molar-refractivity contribution in [3.63, 3.8) is 0 Å². The van der Waals surface area contributed by atoms with Gasteiger partial charge in [0.1, 0.15) is 0 Å². The van der Waals surface area contributed by atoms with Crippen LogP contribution in [0.3, 0.4) is 0 Å². The van der Waals surface area contributed by atoms with Crippen LogP contribution in [0.2, 0.25) is 0 Å². The molecule has 2 nitrogen and oxygen atoms in total. The second kappa shape index (κ2) is 5.80. The van der Waals surface area contributed by atoms with Crippen molar-refractivity contribution in [1.29, 1.82) is 0 Å². The van der Waals surface area contributed by atoms with Crippen LogP contribution >= 0.6 is 0 Å². The fourth-order valence-corrected chi connectivity index (χ4v) is 1.81. The van der Waals surface area contributed by atoms with E-state index < -0.39 is 5.41 Å². The van der Waals surface area contributed by atoms with E-state index in [1.165, 1.54) is 0 Å². The Bertz CT molecular complexity index is 329. The molecule has 0 aliphatic carbocycles. The summed E-state index contributed by atoms with van der Waals surface area (Å²) in [6, 6.07) is 7.74. The van der Waals surface area contributed by atoms with Crippen LogP contribution in [0.15, 0.2) is 24.3 Å². The summed E-state index contributed by atoms with van der Waals surface area (Å²) in [7, 11) is 1.64. The summed E-state index contributed by atoms with van der Waals surface area (Å²) in [5.74, 6) is 0. The third-order valence-electron chi connectivity index (χ3n) is 3.04. The Balaban J connectivity index is 2.99. The lowest BCUT2D eigenvalue weighted by Crippen LogP contribution is -2.28. The van der Waals surface area contributed by atoms with Crippen molar-refractivity contribution in [3.8, 4) is 0 Å². The number of rotatable bonds is 6. The molecule has 0 heterocycles. The van der Waals surface area contributed by atoms with Crippen molar-refractivity contribution >= 4 is 6.29 Å². The smallest absolute Gasteiger partial charge is 0.209 e. The SMILES string of the molecule is [CH2]c1ccc(C([C]=O)(CC)CCOC)cc1. The minimum atomic E-state index is -0.538. The zero-order chi connectivity index (χ0) is 12.0. The number of benzene rings is 1. The Morgan fingerprint density at radius 1 is 1.38 bits per heavy atom. The van der Waals surface area contributed by atoms with Crippen molar-refractivity contribution in [1.82, 2.24) is 0 Å². The first-order chi connectivity index (χ1) is 7.68. The van der Waals surface area contributed by atoms with Crippen LogP contribution in [0.4, 0.5) is 0 Å². The molecule has 0 amide bonds. The fraction of sp³-hybridized carbons (Fsp3) is 0.429. The second-order valence-electron chi connectivity index (χ2n) is 3.98. The minimum Gasteiger partial charge on any atom is -0.385 e. The first-order valence-electron chi connectivity index (χ1n) is 5.49. The molecule has 1 atom stereocenters. The van der Waals surface area contributed by atoms with E-state index in [1.54, 1.807) is 7.11 Å². The molecular weight excluding hydrogens is 200 g/mol. The summed E-state index contributed by atoms with van der Waals surface area (Å²) in [5.41, 5.74) is 1.41. The Hall–Kier alpha value is -1.15. The van der Waals surface area contributed by atoms with Crippen LogP contribution in [0.5, 0.6) is 0 Å². The van der Waals surface area contributed by atoms with E-state index >= 15 is 0 Å². The summed E-state index contributed by atoms with van der Waals surface area (Å²) in [6.07, 6.45) is 3.58. The number of methoxy groups -OCH3 is 1. The van der Waals surface area contributed by atoms with Gasteiger partial charge in [0.05, 0.1) is 5.41 Å². The van der Waals surface area contributed by atoms with Gasteiger partial charge in [-0.2, -0.15) is 0 Å². The van der Waals surface area contributed by atoms with E-state index in [2.05, 4.69) is 13.2 Å². The molecule has 0 spiro atoms. The van der Waals surface area contributed by atoms with Crippen LogP contribution < -0.4 is 0 Å². The number of carbonyl (C=O) groups excluding carboxylic acids is 1. The largest absolute Gasteiger partial charge is 0.385 e. The predicted molar refractivity (Wildman–Crippen MR) is 65.1 cm³/mol. The molecule has 2 radical (unpaired) electrons. The van der Waals surface area contributed by atoms with Crippen LogP contribution in [0.25, 0.3) is 0 Å². The van der Waals surface area contributed by atoms with Gasteiger partial charge >= 0.3 is 0 Å². The fourth-order valence-electron chi connectivity index (χ4n) is 1.81. The highest BCUT2D eigenvalue weighted by atomic mass is 16.5. The normalized spacial score (nSPS) is 14.4. The summed E-state index contributed by atoms with van der Waals surface area (Å²) < 4.78 is 5.06. The molecule has 1 rings (SSSR count). The number of hydrogen-bond donors (Lipinski definition) is 0. The zero-order valence-electron chi connectivity index (χ0n) is 9.95. The summed E-state index contributed by atoms with van der Waals surface area (Å²) >= 11 is 0. The molecule has 0 aliphatic rings. The maximum Gasteiger partial charge on any atom is 0.209 e. The Kier molecular flexibility index (Phi) is 4.69.